The lowest BCUT2D eigenvalue weighted by atomic mass is 9.78. The first kappa shape index (κ1) is 6.93. The van der Waals surface area contributed by atoms with Gasteiger partial charge in [0, 0.05) is 12.8 Å². The fourth-order valence-electron chi connectivity index (χ4n) is 1.05. The van der Waals surface area contributed by atoms with E-state index in [-0.39, 0.29) is 18.8 Å². The van der Waals surface area contributed by atoms with Crippen molar-refractivity contribution in [1.29, 1.82) is 0 Å². The lowest BCUT2D eigenvalue weighted by molar-refractivity contribution is -0.137. The molecule has 0 heterocycles. The van der Waals surface area contributed by atoms with Gasteiger partial charge in [0.15, 0.2) is 0 Å². The van der Waals surface area contributed by atoms with E-state index in [1.807, 2.05) is 0 Å². The summed E-state index contributed by atoms with van der Waals surface area (Å²) in [5.74, 6) is -2.65. The average molecular weight is 136 g/mol. The highest BCUT2D eigenvalue weighted by Crippen LogP contribution is 2.43. The van der Waals surface area contributed by atoms with E-state index in [9.17, 15) is 8.78 Å². The van der Waals surface area contributed by atoms with E-state index >= 15 is 0 Å². The normalized spacial score (nSPS) is 29.3. The fraction of sp³-hybridized carbons (Fsp3) is 1.00. The third kappa shape index (κ3) is 1.39. The first-order valence-electron chi connectivity index (χ1n) is 3.07. The van der Waals surface area contributed by atoms with Gasteiger partial charge in [-0.05, 0) is 12.8 Å². The second kappa shape index (κ2) is 1.90. The Balaban J connectivity index is 2.27. The van der Waals surface area contributed by atoms with Crippen LogP contribution < -0.4 is 0 Å². The molecule has 0 radical (unpaired) electrons. The molecule has 9 heavy (non-hydrogen) atoms. The van der Waals surface area contributed by atoms with Crippen LogP contribution in [0.2, 0.25) is 0 Å². The SMILES string of the molecule is CC(O)C1CC(F)(F)C1. The molecule has 1 aliphatic rings. The van der Waals surface area contributed by atoms with Crippen molar-refractivity contribution in [2.45, 2.75) is 31.8 Å². The quantitative estimate of drug-likeness (QED) is 0.577. The molecule has 1 aliphatic carbocycles. The summed E-state index contributed by atoms with van der Waals surface area (Å²) >= 11 is 0. The Labute approximate surface area is 52.7 Å². The third-order valence-corrected chi connectivity index (χ3v) is 1.80. The molecule has 0 aliphatic heterocycles. The highest BCUT2D eigenvalue weighted by Gasteiger charge is 2.46. The van der Waals surface area contributed by atoms with Crippen molar-refractivity contribution in [3.8, 4) is 0 Å². The lowest BCUT2D eigenvalue weighted by Crippen LogP contribution is -2.40. The van der Waals surface area contributed by atoms with Crippen LogP contribution in [0.15, 0.2) is 0 Å². The molecule has 3 heteroatoms. The Morgan fingerprint density at radius 3 is 2.11 bits per heavy atom. The number of alkyl halides is 2. The van der Waals surface area contributed by atoms with Crippen LogP contribution in [0, 0.1) is 5.92 Å². The molecule has 0 aromatic heterocycles. The molecule has 0 aromatic rings. The van der Waals surface area contributed by atoms with Gasteiger partial charge in [0.25, 0.3) is 0 Å². The summed E-state index contributed by atoms with van der Waals surface area (Å²) in [5.41, 5.74) is 0. The highest BCUT2D eigenvalue weighted by atomic mass is 19.3. The predicted octanol–water partition coefficient (Wildman–Crippen LogP) is 1.41. The van der Waals surface area contributed by atoms with Crippen LogP contribution in [0.5, 0.6) is 0 Å². The second-order valence-electron chi connectivity index (χ2n) is 2.76. The van der Waals surface area contributed by atoms with Crippen molar-refractivity contribution in [2.75, 3.05) is 0 Å². The summed E-state index contributed by atoms with van der Waals surface area (Å²) in [4.78, 5) is 0. The van der Waals surface area contributed by atoms with Crippen LogP contribution in [-0.2, 0) is 0 Å². The van der Waals surface area contributed by atoms with Crippen LogP contribution in [0.3, 0.4) is 0 Å². The monoisotopic (exact) mass is 136 g/mol. The molecule has 1 saturated carbocycles. The summed E-state index contributed by atoms with van der Waals surface area (Å²) in [6.45, 7) is 1.56. The van der Waals surface area contributed by atoms with Crippen LogP contribution in [0.4, 0.5) is 8.78 Å². The molecule has 1 rings (SSSR count). The number of hydrogen-bond donors (Lipinski definition) is 1. The molecular weight excluding hydrogens is 126 g/mol. The molecule has 1 unspecified atom stereocenters. The molecule has 1 nitrogen and oxygen atoms in total. The molecule has 0 spiro atoms. The summed E-state index contributed by atoms with van der Waals surface area (Å²) < 4.78 is 24.1. The minimum atomic E-state index is -2.48. The summed E-state index contributed by atoms with van der Waals surface area (Å²) in [5, 5.41) is 8.77. The van der Waals surface area contributed by atoms with Crippen LogP contribution in [0.1, 0.15) is 19.8 Å². The second-order valence-corrected chi connectivity index (χ2v) is 2.76. The van der Waals surface area contributed by atoms with Gasteiger partial charge < -0.3 is 5.11 Å². The zero-order valence-electron chi connectivity index (χ0n) is 5.27. The van der Waals surface area contributed by atoms with Gasteiger partial charge in [-0.25, -0.2) is 8.78 Å². The van der Waals surface area contributed by atoms with E-state index in [1.54, 1.807) is 6.92 Å². The Kier molecular flexibility index (Phi) is 1.47. The Bertz CT molecular complexity index is 104. The maximum absolute atomic E-state index is 12.0. The van der Waals surface area contributed by atoms with Gasteiger partial charge in [0.2, 0.25) is 5.92 Å². The van der Waals surface area contributed by atoms with Crippen LogP contribution in [-0.4, -0.2) is 17.1 Å². The van der Waals surface area contributed by atoms with E-state index in [0.717, 1.165) is 0 Å². The van der Waals surface area contributed by atoms with Gasteiger partial charge in [-0.3, -0.25) is 0 Å². The standard InChI is InChI=1S/C6H10F2O/c1-4(9)5-2-6(7,8)3-5/h4-5,9H,2-3H2,1H3. The fourth-order valence-corrected chi connectivity index (χ4v) is 1.05. The number of aliphatic hydroxyl groups excluding tert-OH is 1. The van der Waals surface area contributed by atoms with Gasteiger partial charge in [-0.2, -0.15) is 0 Å². The Morgan fingerprint density at radius 1 is 1.56 bits per heavy atom. The van der Waals surface area contributed by atoms with Gasteiger partial charge in [-0.15, -0.1) is 0 Å². The minimum Gasteiger partial charge on any atom is -0.393 e. The number of rotatable bonds is 1. The highest BCUT2D eigenvalue weighted by molar-refractivity contribution is 4.88. The summed E-state index contributed by atoms with van der Waals surface area (Å²) in [6, 6.07) is 0. The Morgan fingerprint density at radius 2 is 2.00 bits per heavy atom. The third-order valence-electron chi connectivity index (χ3n) is 1.80. The molecule has 0 bridgehead atoms. The molecule has 1 atom stereocenters. The van der Waals surface area contributed by atoms with Gasteiger partial charge in [0.1, 0.15) is 0 Å². The molecule has 54 valence electrons. The van der Waals surface area contributed by atoms with Crippen molar-refractivity contribution >= 4 is 0 Å². The molecule has 0 saturated heterocycles. The van der Waals surface area contributed by atoms with E-state index in [0.29, 0.717) is 0 Å². The average Bonchev–Trinajstić information content (AvgIpc) is 1.59. The Hall–Kier alpha value is -0.180. The molecule has 1 N–H and O–H groups in total. The molecular formula is C6H10F2O. The predicted molar refractivity (Wildman–Crippen MR) is 29.4 cm³/mol. The molecule has 0 aromatic carbocycles. The summed E-state index contributed by atoms with van der Waals surface area (Å²) in [7, 11) is 0. The first-order valence-corrected chi connectivity index (χ1v) is 3.07. The first-order chi connectivity index (χ1) is 4.01. The van der Waals surface area contributed by atoms with Crippen molar-refractivity contribution in [2.24, 2.45) is 5.92 Å². The smallest absolute Gasteiger partial charge is 0.248 e. The van der Waals surface area contributed by atoms with Crippen LogP contribution in [0.25, 0.3) is 0 Å². The van der Waals surface area contributed by atoms with Gasteiger partial charge in [-0.1, -0.05) is 0 Å². The summed E-state index contributed by atoms with van der Waals surface area (Å²) in [6.07, 6.45) is -0.834. The van der Waals surface area contributed by atoms with Gasteiger partial charge >= 0.3 is 0 Å². The zero-order valence-corrected chi connectivity index (χ0v) is 5.27. The van der Waals surface area contributed by atoms with Crippen LogP contribution >= 0.6 is 0 Å². The number of aliphatic hydroxyl groups is 1. The van der Waals surface area contributed by atoms with E-state index < -0.39 is 12.0 Å². The maximum atomic E-state index is 12.0. The van der Waals surface area contributed by atoms with E-state index in [1.165, 1.54) is 0 Å². The zero-order chi connectivity index (χ0) is 7.07. The molecule has 0 amide bonds. The molecule has 1 fully saturated rings. The number of hydrogen-bond acceptors (Lipinski definition) is 1. The van der Waals surface area contributed by atoms with E-state index in [4.69, 9.17) is 5.11 Å². The maximum Gasteiger partial charge on any atom is 0.248 e. The van der Waals surface area contributed by atoms with Crippen molar-refractivity contribution in [3.05, 3.63) is 0 Å². The topological polar surface area (TPSA) is 20.2 Å². The van der Waals surface area contributed by atoms with Crippen molar-refractivity contribution in [1.82, 2.24) is 0 Å². The van der Waals surface area contributed by atoms with Crippen molar-refractivity contribution in [3.63, 3.8) is 0 Å². The largest absolute Gasteiger partial charge is 0.393 e. The lowest BCUT2D eigenvalue weighted by Gasteiger charge is -2.36. The minimum absolute atomic E-state index is 0.134. The van der Waals surface area contributed by atoms with E-state index in [2.05, 4.69) is 0 Å². The number of halogens is 2. The van der Waals surface area contributed by atoms with Gasteiger partial charge in [0.05, 0.1) is 6.10 Å². The van der Waals surface area contributed by atoms with Crippen molar-refractivity contribution < 1.29 is 13.9 Å².